The number of anilines is 1. The van der Waals surface area contributed by atoms with Gasteiger partial charge in [0.25, 0.3) is 0 Å². The lowest BCUT2D eigenvalue weighted by Gasteiger charge is -2.28. The molecule has 1 aliphatic rings. The molecule has 0 fully saturated rings. The number of hydrogen-bond donors (Lipinski definition) is 0. The predicted molar refractivity (Wildman–Crippen MR) is 72.2 cm³/mol. The van der Waals surface area contributed by atoms with E-state index < -0.39 is 0 Å². The van der Waals surface area contributed by atoms with Gasteiger partial charge in [0.2, 0.25) is 0 Å². The van der Waals surface area contributed by atoms with Gasteiger partial charge in [0.05, 0.1) is 16.8 Å². The molecule has 3 rings (SSSR count). The first kappa shape index (κ1) is 10.7. The van der Waals surface area contributed by atoms with Gasteiger partial charge in [0.15, 0.2) is 0 Å². The van der Waals surface area contributed by atoms with Gasteiger partial charge in [-0.2, -0.15) is 5.10 Å². The second-order valence-electron chi connectivity index (χ2n) is 4.01. The summed E-state index contributed by atoms with van der Waals surface area (Å²) in [6.07, 6.45) is 1.98. The van der Waals surface area contributed by atoms with Crippen LogP contribution in [0.1, 0.15) is 6.92 Å². The molecule has 0 saturated carbocycles. The summed E-state index contributed by atoms with van der Waals surface area (Å²) in [7, 11) is 0. The minimum Gasteiger partial charge on any atom is -0.355 e. The minimum absolute atomic E-state index is 1.03. The monoisotopic (exact) mass is 245 g/mol. The molecule has 0 amide bonds. The second kappa shape index (κ2) is 4.45. The SMILES string of the molecule is CCN1CCSc2cnn(-c3ccccc3)c21. The quantitative estimate of drug-likeness (QED) is 0.812. The lowest BCUT2D eigenvalue weighted by Crippen LogP contribution is -2.30. The Balaban J connectivity index is 2.10. The lowest BCUT2D eigenvalue weighted by molar-refractivity contribution is 0.777. The molecule has 0 bridgehead atoms. The summed E-state index contributed by atoms with van der Waals surface area (Å²) in [5.41, 5.74) is 1.13. The van der Waals surface area contributed by atoms with Crippen molar-refractivity contribution in [3.05, 3.63) is 36.5 Å². The van der Waals surface area contributed by atoms with Crippen LogP contribution in [0.3, 0.4) is 0 Å². The first-order valence-corrected chi connectivity index (χ1v) is 6.90. The van der Waals surface area contributed by atoms with Crippen LogP contribution in [0.25, 0.3) is 5.69 Å². The van der Waals surface area contributed by atoms with Gasteiger partial charge in [-0.05, 0) is 19.1 Å². The zero-order valence-electron chi connectivity index (χ0n) is 9.84. The van der Waals surface area contributed by atoms with Crippen molar-refractivity contribution >= 4 is 17.6 Å². The van der Waals surface area contributed by atoms with Crippen LogP contribution >= 0.6 is 11.8 Å². The lowest BCUT2D eigenvalue weighted by atomic mass is 10.3. The van der Waals surface area contributed by atoms with Gasteiger partial charge < -0.3 is 4.90 Å². The Morgan fingerprint density at radius 1 is 1.29 bits per heavy atom. The van der Waals surface area contributed by atoms with Crippen molar-refractivity contribution < 1.29 is 0 Å². The zero-order valence-corrected chi connectivity index (χ0v) is 10.7. The minimum atomic E-state index is 1.03. The normalized spacial score (nSPS) is 14.8. The fraction of sp³-hybridized carbons (Fsp3) is 0.308. The highest BCUT2D eigenvalue weighted by molar-refractivity contribution is 7.99. The molecule has 4 heteroatoms. The van der Waals surface area contributed by atoms with Crippen molar-refractivity contribution in [3.8, 4) is 5.69 Å². The molecule has 0 spiro atoms. The molecule has 0 aliphatic carbocycles. The van der Waals surface area contributed by atoms with Crippen LogP contribution in [0.5, 0.6) is 0 Å². The maximum Gasteiger partial charge on any atom is 0.146 e. The highest BCUT2D eigenvalue weighted by Gasteiger charge is 2.21. The van der Waals surface area contributed by atoms with Crippen molar-refractivity contribution in [2.75, 3.05) is 23.7 Å². The van der Waals surface area contributed by atoms with Gasteiger partial charge in [-0.3, -0.25) is 0 Å². The standard InChI is InChI=1S/C13H15N3S/c1-2-15-8-9-17-12-10-14-16(13(12)15)11-6-4-3-5-7-11/h3-7,10H,2,8-9H2,1H3. The van der Waals surface area contributed by atoms with Crippen molar-refractivity contribution in [2.45, 2.75) is 11.8 Å². The van der Waals surface area contributed by atoms with E-state index in [0.29, 0.717) is 0 Å². The third-order valence-electron chi connectivity index (χ3n) is 3.01. The molecular formula is C13H15N3S. The molecule has 88 valence electrons. The van der Waals surface area contributed by atoms with Crippen LogP contribution in [-0.2, 0) is 0 Å². The van der Waals surface area contributed by atoms with Crippen molar-refractivity contribution in [1.29, 1.82) is 0 Å². The van der Waals surface area contributed by atoms with E-state index in [1.54, 1.807) is 0 Å². The number of para-hydroxylation sites is 1. The second-order valence-corrected chi connectivity index (χ2v) is 5.14. The zero-order chi connectivity index (χ0) is 11.7. The Morgan fingerprint density at radius 3 is 2.88 bits per heavy atom. The molecule has 1 aliphatic heterocycles. The van der Waals surface area contributed by atoms with Crippen LogP contribution in [0.2, 0.25) is 0 Å². The Hall–Kier alpha value is -1.42. The van der Waals surface area contributed by atoms with E-state index in [9.17, 15) is 0 Å². The van der Waals surface area contributed by atoms with Gasteiger partial charge in [-0.15, -0.1) is 11.8 Å². The van der Waals surface area contributed by atoms with Gasteiger partial charge in [-0.25, -0.2) is 4.68 Å². The third kappa shape index (κ3) is 1.82. The maximum atomic E-state index is 4.52. The first-order valence-electron chi connectivity index (χ1n) is 5.91. The van der Waals surface area contributed by atoms with E-state index >= 15 is 0 Å². The molecule has 0 atom stereocenters. The molecule has 3 nitrogen and oxygen atoms in total. The molecule has 2 heterocycles. The Labute approximate surface area is 105 Å². The summed E-state index contributed by atoms with van der Waals surface area (Å²) < 4.78 is 2.05. The number of aromatic nitrogens is 2. The van der Waals surface area contributed by atoms with E-state index in [4.69, 9.17) is 0 Å². The van der Waals surface area contributed by atoms with Gasteiger partial charge >= 0.3 is 0 Å². The van der Waals surface area contributed by atoms with Crippen LogP contribution in [0.15, 0.2) is 41.4 Å². The topological polar surface area (TPSA) is 21.1 Å². The molecular weight excluding hydrogens is 230 g/mol. The summed E-state index contributed by atoms with van der Waals surface area (Å²) >= 11 is 1.90. The number of benzene rings is 1. The van der Waals surface area contributed by atoms with E-state index in [2.05, 4.69) is 41.2 Å². The Kier molecular flexibility index (Phi) is 2.81. The van der Waals surface area contributed by atoms with Crippen LogP contribution < -0.4 is 4.90 Å². The van der Waals surface area contributed by atoms with Gasteiger partial charge in [0.1, 0.15) is 5.82 Å². The van der Waals surface area contributed by atoms with Crippen molar-refractivity contribution in [2.24, 2.45) is 0 Å². The predicted octanol–water partition coefficient (Wildman–Crippen LogP) is 2.80. The summed E-state index contributed by atoms with van der Waals surface area (Å²) in [5, 5.41) is 4.52. The van der Waals surface area contributed by atoms with E-state index in [1.165, 1.54) is 10.7 Å². The smallest absolute Gasteiger partial charge is 0.146 e. The number of hydrogen-bond acceptors (Lipinski definition) is 3. The average Bonchev–Trinajstić information content (AvgIpc) is 2.83. The summed E-state index contributed by atoms with van der Waals surface area (Å²) in [5.74, 6) is 2.40. The van der Waals surface area contributed by atoms with E-state index in [1.807, 2.05) is 28.7 Å². The molecule has 0 radical (unpaired) electrons. The highest BCUT2D eigenvalue weighted by atomic mass is 32.2. The number of nitrogens with zero attached hydrogens (tertiary/aromatic N) is 3. The van der Waals surface area contributed by atoms with E-state index in [0.717, 1.165) is 24.5 Å². The number of thioether (sulfide) groups is 1. The molecule has 17 heavy (non-hydrogen) atoms. The number of rotatable bonds is 2. The Bertz CT molecular complexity index is 507. The average molecular weight is 245 g/mol. The largest absolute Gasteiger partial charge is 0.355 e. The van der Waals surface area contributed by atoms with Crippen molar-refractivity contribution in [3.63, 3.8) is 0 Å². The summed E-state index contributed by atoms with van der Waals surface area (Å²) in [4.78, 5) is 3.69. The maximum absolute atomic E-state index is 4.52. The third-order valence-corrected chi connectivity index (χ3v) is 4.00. The summed E-state index contributed by atoms with van der Waals surface area (Å²) in [6, 6.07) is 10.3. The van der Waals surface area contributed by atoms with Crippen LogP contribution in [-0.4, -0.2) is 28.6 Å². The first-order chi connectivity index (χ1) is 8.40. The number of fused-ring (bicyclic) bond motifs is 1. The summed E-state index contributed by atoms with van der Waals surface area (Å²) in [6.45, 7) is 4.33. The van der Waals surface area contributed by atoms with Gasteiger partial charge in [0, 0.05) is 18.8 Å². The van der Waals surface area contributed by atoms with E-state index in [-0.39, 0.29) is 0 Å². The van der Waals surface area contributed by atoms with Crippen LogP contribution in [0.4, 0.5) is 5.82 Å². The van der Waals surface area contributed by atoms with Crippen molar-refractivity contribution in [1.82, 2.24) is 9.78 Å². The molecule has 0 unspecified atom stereocenters. The molecule has 0 saturated heterocycles. The molecule has 1 aromatic heterocycles. The fourth-order valence-electron chi connectivity index (χ4n) is 2.16. The fourth-order valence-corrected chi connectivity index (χ4v) is 3.15. The molecule has 2 aromatic rings. The van der Waals surface area contributed by atoms with Gasteiger partial charge in [-0.1, -0.05) is 18.2 Å². The van der Waals surface area contributed by atoms with Crippen LogP contribution in [0, 0.1) is 0 Å². The highest BCUT2D eigenvalue weighted by Crippen LogP contribution is 2.35. The molecule has 1 aromatic carbocycles. The molecule has 0 N–H and O–H groups in total. The Morgan fingerprint density at radius 2 is 2.12 bits per heavy atom.